The van der Waals surface area contributed by atoms with Crippen molar-refractivity contribution in [2.75, 3.05) is 6.54 Å². The first kappa shape index (κ1) is 23.6. The number of aryl methyl sites for hydroxylation is 2. The van der Waals surface area contributed by atoms with Gasteiger partial charge in [-0.1, -0.05) is 71.8 Å². The van der Waals surface area contributed by atoms with Crippen LogP contribution in [0.4, 0.5) is 0 Å². The van der Waals surface area contributed by atoms with E-state index in [1.807, 2.05) is 33.4 Å². The smallest absolute Gasteiger partial charge is 0.214 e. The van der Waals surface area contributed by atoms with E-state index in [0.717, 1.165) is 35.0 Å². The molecule has 1 unspecified atom stereocenters. The minimum Gasteiger partial charge on any atom is -0.306 e. The molecule has 0 bridgehead atoms. The Hall–Kier alpha value is -3.16. The Balaban J connectivity index is 1.56. The maximum Gasteiger partial charge on any atom is 0.214 e. The fourth-order valence-corrected chi connectivity index (χ4v) is 6.04. The predicted octanol–water partition coefficient (Wildman–Crippen LogP) is 4.45. The summed E-state index contributed by atoms with van der Waals surface area (Å²) in [4.78, 5) is 0. The lowest BCUT2D eigenvalue weighted by molar-refractivity contribution is 0.465. The molecule has 1 aromatic heterocycles. The number of fused-ring (bicyclic) bond motifs is 1. The second kappa shape index (κ2) is 9.47. The molecule has 5 rings (SSSR count). The Morgan fingerprint density at radius 1 is 0.886 bits per heavy atom. The van der Waals surface area contributed by atoms with Gasteiger partial charge in [0, 0.05) is 6.54 Å². The number of imidazole rings is 1. The molecule has 0 saturated heterocycles. The first-order valence-corrected chi connectivity index (χ1v) is 13.7. The van der Waals surface area contributed by atoms with Gasteiger partial charge in [-0.25, -0.2) is 13.1 Å². The van der Waals surface area contributed by atoms with Crippen molar-refractivity contribution in [1.29, 1.82) is 5.41 Å². The summed E-state index contributed by atoms with van der Waals surface area (Å²) in [7, 11) is -3.33. The van der Waals surface area contributed by atoms with Crippen molar-refractivity contribution < 1.29 is 8.42 Å². The van der Waals surface area contributed by atoms with E-state index in [2.05, 4.69) is 67.1 Å². The first-order chi connectivity index (χ1) is 16.8. The lowest BCUT2D eigenvalue weighted by atomic mass is 10.0. The van der Waals surface area contributed by atoms with E-state index in [0.29, 0.717) is 18.6 Å². The Bertz CT molecular complexity index is 1500. The summed E-state index contributed by atoms with van der Waals surface area (Å²) in [5, 5.41) is 8.90. The van der Waals surface area contributed by atoms with Gasteiger partial charge in [0.1, 0.15) is 0 Å². The zero-order chi connectivity index (χ0) is 24.6. The molecule has 1 aliphatic carbocycles. The highest BCUT2D eigenvalue weighted by molar-refractivity contribution is 7.90. The molecule has 0 radical (unpaired) electrons. The normalized spacial score (nSPS) is 14.9. The van der Waals surface area contributed by atoms with E-state index in [1.54, 1.807) is 0 Å². The number of nitrogens with one attached hydrogen (secondary N) is 2. The number of benzene rings is 3. The summed E-state index contributed by atoms with van der Waals surface area (Å²) in [6.07, 6.45) is 2.08. The van der Waals surface area contributed by atoms with E-state index >= 15 is 0 Å². The van der Waals surface area contributed by atoms with Gasteiger partial charge in [-0.15, -0.1) is 0 Å². The number of sulfonamides is 1. The highest BCUT2D eigenvalue weighted by Crippen LogP contribution is 2.28. The molecule has 7 heteroatoms. The fourth-order valence-electron chi connectivity index (χ4n) is 4.62. The third-order valence-corrected chi connectivity index (χ3v) is 8.74. The van der Waals surface area contributed by atoms with Crippen molar-refractivity contribution in [2.24, 2.45) is 0 Å². The lowest BCUT2D eigenvalue weighted by Crippen LogP contribution is -2.38. The zero-order valence-electron chi connectivity index (χ0n) is 20.2. The van der Waals surface area contributed by atoms with Crippen molar-refractivity contribution in [3.63, 3.8) is 0 Å². The third kappa shape index (κ3) is 5.11. The Morgan fingerprint density at radius 3 is 2.06 bits per heavy atom. The van der Waals surface area contributed by atoms with Crippen LogP contribution in [0.3, 0.4) is 0 Å². The molecule has 4 aromatic rings. The summed E-state index contributed by atoms with van der Waals surface area (Å²) in [6, 6.07) is 24.5. The molecule has 2 N–H and O–H groups in total. The summed E-state index contributed by atoms with van der Waals surface area (Å²) in [5.74, 6) is 0. The Labute approximate surface area is 206 Å². The van der Waals surface area contributed by atoms with Gasteiger partial charge in [0.15, 0.2) is 0 Å². The van der Waals surface area contributed by atoms with Crippen LogP contribution in [0.1, 0.15) is 41.1 Å². The van der Waals surface area contributed by atoms with Crippen molar-refractivity contribution in [3.8, 4) is 0 Å². The van der Waals surface area contributed by atoms with Gasteiger partial charge in [0.25, 0.3) is 0 Å². The predicted molar refractivity (Wildman–Crippen MR) is 140 cm³/mol. The zero-order valence-corrected chi connectivity index (χ0v) is 21.1. The van der Waals surface area contributed by atoms with Crippen LogP contribution >= 0.6 is 0 Å². The van der Waals surface area contributed by atoms with Crippen LogP contribution in [0, 0.1) is 19.3 Å². The molecule has 1 atom stereocenters. The molecule has 1 aliphatic rings. The summed E-state index contributed by atoms with van der Waals surface area (Å²) in [6.45, 7) is 4.96. The fraction of sp³-hybridized carbons (Fsp3) is 0.321. The number of hydrogen-bond acceptors (Lipinski definition) is 3. The van der Waals surface area contributed by atoms with E-state index in [-0.39, 0.29) is 17.8 Å². The number of hydrogen-bond donors (Lipinski definition) is 2. The summed E-state index contributed by atoms with van der Waals surface area (Å²) in [5.41, 5.74) is 6.91. The van der Waals surface area contributed by atoms with Crippen LogP contribution in [0.2, 0.25) is 0 Å². The number of rotatable bonds is 9. The number of aromatic nitrogens is 2. The molecular weight excluding hydrogens is 456 g/mol. The molecule has 6 nitrogen and oxygen atoms in total. The number of nitrogens with zero attached hydrogens (tertiary/aromatic N) is 2. The maximum atomic E-state index is 12.7. The molecule has 0 amide bonds. The average Bonchev–Trinajstić information content (AvgIpc) is 3.67. The molecule has 1 fully saturated rings. The largest absolute Gasteiger partial charge is 0.306 e. The molecule has 182 valence electrons. The van der Waals surface area contributed by atoms with Crippen LogP contribution in [-0.2, 0) is 23.0 Å². The highest BCUT2D eigenvalue weighted by Gasteiger charge is 2.36. The lowest BCUT2D eigenvalue weighted by Gasteiger charge is -2.21. The van der Waals surface area contributed by atoms with Crippen LogP contribution < -0.4 is 10.3 Å². The van der Waals surface area contributed by atoms with Crippen molar-refractivity contribution in [2.45, 2.75) is 50.9 Å². The van der Waals surface area contributed by atoms with Gasteiger partial charge >= 0.3 is 0 Å². The van der Waals surface area contributed by atoms with Gasteiger partial charge in [-0.2, -0.15) is 0 Å². The van der Waals surface area contributed by atoms with Crippen molar-refractivity contribution in [1.82, 2.24) is 13.9 Å². The molecule has 1 saturated carbocycles. The van der Waals surface area contributed by atoms with Gasteiger partial charge in [0.2, 0.25) is 15.6 Å². The van der Waals surface area contributed by atoms with Gasteiger partial charge in [-0.05, 0) is 56.4 Å². The SMILES string of the molecule is Cc1ccc(CC(CNS(=O)(=O)C2CC2)n2c(=N)n(Cc3ccc(C)cc3)c3ccccc32)cc1. The molecule has 1 heterocycles. The summed E-state index contributed by atoms with van der Waals surface area (Å²) >= 11 is 0. The molecule has 0 spiro atoms. The minimum absolute atomic E-state index is 0.233. The quantitative estimate of drug-likeness (QED) is 0.365. The maximum absolute atomic E-state index is 12.7. The van der Waals surface area contributed by atoms with Gasteiger partial charge < -0.3 is 9.13 Å². The van der Waals surface area contributed by atoms with E-state index in [9.17, 15) is 13.8 Å². The van der Waals surface area contributed by atoms with E-state index in [4.69, 9.17) is 0 Å². The van der Waals surface area contributed by atoms with Crippen LogP contribution in [0.15, 0.2) is 72.8 Å². The molecule has 3 aromatic carbocycles. The van der Waals surface area contributed by atoms with Crippen LogP contribution in [0.25, 0.3) is 11.0 Å². The highest BCUT2D eigenvalue weighted by atomic mass is 32.2. The van der Waals surface area contributed by atoms with Crippen molar-refractivity contribution >= 4 is 21.1 Å². The average molecular weight is 489 g/mol. The summed E-state index contributed by atoms with van der Waals surface area (Å²) < 4.78 is 32.2. The number of para-hydroxylation sites is 2. The van der Waals surface area contributed by atoms with Crippen molar-refractivity contribution in [3.05, 3.63) is 101 Å². The molecular formula is C28H32N4O2S. The second-order valence-electron chi connectivity index (χ2n) is 9.69. The monoisotopic (exact) mass is 488 g/mol. The van der Waals surface area contributed by atoms with Gasteiger partial charge in [-0.3, -0.25) is 5.41 Å². The molecule has 0 aliphatic heterocycles. The molecule has 35 heavy (non-hydrogen) atoms. The Kier molecular flexibility index (Phi) is 6.38. The van der Waals surface area contributed by atoms with E-state index < -0.39 is 10.0 Å². The topological polar surface area (TPSA) is 79.9 Å². The Morgan fingerprint density at radius 2 is 1.46 bits per heavy atom. The van der Waals surface area contributed by atoms with Crippen LogP contribution in [0.5, 0.6) is 0 Å². The first-order valence-electron chi connectivity index (χ1n) is 12.2. The van der Waals surface area contributed by atoms with Crippen LogP contribution in [-0.4, -0.2) is 29.3 Å². The second-order valence-corrected chi connectivity index (χ2v) is 11.7. The van der Waals surface area contributed by atoms with E-state index in [1.165, 1.54) is 11.1 Å². The third-order valence-electron chi connectivity index (χ3n) is 6.82. The van der Waals surface area contributed by atoms with Gasteiger partial charge in [0.05, 0.1) is 28.9 Å². The minimum atomic E-state index is -3.33. The standard InChI is InChI=1S/C28H32N4O2S/c1-20-7-11-22(12-8-20)17-24(18-30-35(33,34)25-15-16-25)32-27-6-4-3-5-26(27)31(28(32)29)19-23-13-9-21(2)10-14-23/h3-14,24-25,29-30H,15-19H2,1-2H3.